The molecule has 0 aromatic carbocycles. The van der Waals surface area contributed by atoms with Crippen LogP contribution in [-0.4, -0.2) is 15.1 Å². The maximum absolute atomic E-state index is 11.9. The number of carbonyl (C=O) groups excluding carboxylic acids is 1. The first kappa shape index (κ1) is 13.9. The molecule has 0 amide bonds. The van der Waals surface area contributed by atoms with Crippen molar-refractivity contribution in [3.05, 3.63) is 36.7 Å². The highest BCUT2D eigenvalue weighted by Gasteiger charge is 2.18. The van der Waals surface area contributed by atoms with Crippen molar-refractivity contribution >= 4 is 40.8 Å². The summed E-state index contributed by atoms with van der Waals surface area (Å²) in [5.41, 5.74) is -0.617. The SMILES string of the molecule is CC(C)(C)C(=O)C=c1[nH]c(=O)c(=Cc2ccns2)s1. The Hall–Kier alpha value is -1.53. The first-order valence-electron chi connectivity index (χ1n) is 5.74. The minimum atomic E-state index is -0.442. The summed E-state index contributed by atoms with van der Waals surface area (Å²) >= 11 is 2.61. The fourth-order valence-corrected chi connectivity index (χ4v) is 2.78. The second-order valence-electron chi connectivity index (χ2n) is 5.10. The average Bonchev–Trinajstić information content (AvgIpc) is 2.89. The Morgan fingerprint density at radius 3 is 2.74 bits per heavy atom. The van der Waals surface area contributed by atoms with Crippen LogP contribution in [0.25, 0.3) is 12.2 Å². The lowest BCUT2D eigenvalue weighted by Gasteiger charge is -2.12. The van der Waals surface area contributed by atoms with Gasteiger partial charge in [-0.05, 0) is 23.7 Å². The molecule has 1 N–H and O–H groups in total. The molecule has 6 heteroatoms. The minimum Gasteiger partial charge on any atom is -0.313 e. The van der Waals surface area contributed by atoms with E-state index in [2.05, 4.69) is 9.36 Å². The molecule has 0 unspecified atom stereocenters. The zero-order valence-corrected chi connectivity index (χ0v) is 12.5. The monoisotopic (exact) mass is 294 g/mol. The molecule has 0 saturated heterocycles. The molecule has 100 valence electrons. The second kappa shape index (κ2) is 5.22. The van der Waals surface area contributed by atoms with E-state index in [0.29, 0.717) is 9.20 Å². The predicted octanol–water partition coefficient (Wildman–Crippen LogP) is 1.12. The number of nitrogens with zero attached hydrogens (tertiary/aromatic N) is 1. The third-order valence-corrected chi connectivity index (χ3v) is 4.07. The molecule has 2 heterocycles. The van der Waals surface area contributed by atoms with E-state index in [1.54, 1.807) is 12.3 Å². The van der Waals surface area contributed by atoms with E-state index >= 15 is 0 Å². The molecule has 2 aromatic rings. The van der Waals surface area contributed by atoms with E-state index < -0.39 is 5.41 Å². The van der Waals surface area contributed by atoms with E-state index in [-0.39, 0.29) is 11.3 Å². The lowest BCUT2D eigenvalue weighted by molar-refractivity contribution is -0.119. The third kappa shape index (κ3) is 3.48. The summed E-state index contributed by atoms with van der Waals surface area (Å²) in [4.78, 5) is 27.3. The molecular weight excluding hydrogens is 280 g/mol. The van der Waals surface area contributed by atoms with Gasteiger partial charge >= 0.3 is 0 Å². The Balaban J connectivity index is 2.46. The van der Waals surface area contributed by atoms with Crippen LogP contribution in [0.2, 0.25) is 0 Å². The highest BCUT2D eigenvalue weighted by Crippen LogP contribution is 2.14. The number of rotatable bonds is 2. The lowest BCUT2D eigenvalue weighted by atomic mass is 9.91. The van der Waals surface area contributed by atoms with Crippen molar-refractivity contribution < 1.29 is 4.79 Å². The normalized spacial score (nSPS) is 14.1. The number of thiazole rings is 1. The smallest absolute Gasteiger partial charge is 0.266 e. The van der Waals surface area contributed by atoms with Crippen molar-refractivity contribution in [1.82, 2.24) is 9.36 Å². The van der Waals surface area contributed by atoms with Crippen molar-refractivity contribution in [3.63, 3.8) is 0 Å². The molecule has 19 heavy (non-hydrogen) atoms. The first-order valence-corrected chi connectivity index (χ1v) is 7.33. The van der Waals surface area contributed by atoms with Crippen molar-refractivity contribution in [2.45, 2.75) is 20.8 Å². The Morgan fingerprint density at radius 2 is 2.16 bits per heavy atom. The van der Waals surface area contributed by atoms with Crippen LogP contribution in [-0.2, 0) is 4.79 Å². The molecule has 0 aliphatic carbocycles. The van der Waals surface area contributed by atoms with Crippen molar-refractivity contribution in [2.24, 2.45) is 5.41 Å². The Morgan fingerprint density at radius 1 is 1.42 bits per heavy atom. The summed E-state index contributed by atoms with van der Waals surface area (Å²) < 4.78 is 5.14. The third-order valence-electron chi connectivity index (χ3n) is 2.41. The Bertz CT molecular complexity index is 746. The van der Waals surface area contributed by atoms with Gasteiger partial charge in [-0.1, -0.05) is 20.8 Å². The van der Waals surface area contributed by atoms with E-state index in [1.807, 2.05) is 26.8 Å². The van der Waals surface area contributed by atoms with Crippen LogP contribution in [0.15, 0.2) is 17.1 Å². The Kier molecular flexibility index (Phi) is 3.82. The summed E-state index contributed by atoms with van der Waals surface area (Å²) in [5, 5.41) is 0. The van der Waals surface area contributed by atoms with Gasteiger partial charge in [0.25, 0.3) is 5.56 Å². The predicted molar refractivity (Wildman–Crippen MR) is 78.8 cm³/mol. The second-order valence-corrected chi connectivity index (χ2v) is 7.05. The topological polar surface area (TPSA) is 62.8 Å². The largest absolute Gasteiger partial charge is 0.313 e. The lowest BCUT2D eigenvalue weighted by Crippen LogP contribution is -2.21. The molecule has 2 aromatic heterocycles. The minimum absolute atomic E-state index is 0.00524. The molecule has 0 aliphatic rings. The van der Waals surface area contributed by atoms with E-state index in [1.165, 1.54) is 28.9 Å². The number of H-pyrrole nitrogens is 1. The average molecular weight is 294 g/mol. The molecule has 0 spiro atoms. The number of carbonyl (C=O) groups is 1. The number of ketones is 1. The number of nitrogens with one attached hydrogen (secondary N) is 1. The standard InChI is InChI=1S/C13H14N2O2S2/c1-13(2,3)10(16)7-11-15-12(17)9(18-11)6-8-4-5-14-19-8/h4-7H,1-3H3,(H,15,17). The quantitative estimate of drug-likeness (QED) is 0.903. The van der Waals surface area contributed by atoms with Gasteiger partial charge in [-0.25, -0.2) is 4.37 Å². The van der Waals surface area contributed by atoms with E-state index in [9.17, 15) is 9.59 Å². The van der Waals surface area contributed by atoms with Crippen molar-refractivity contribution in [1.29, 1.82) is 0 Å². The summed E-state index contributed by atoms with van der Waals surface area (Å²) in [5.74, 6) is -0.00524. The molecule has 2 rings (SSSR count). The highest BCUT2D eigenvalue weighted by atomic mass is 32.1. The molecule has 0 bridgehead atoms. The molecular formula is C13H14N2O2S2. The van der Waals surface area contributed by atoms with Crippen LogP contribution in [0.4, 0.5) is 0 Å². The van der Waals surface area contributed by atoms with Crippen molar-refractivity contribution in [3.8, 4) is 0 Å². The zero-order chi connectivity index (χ0) is 14.0. The Labute approximate surface area is 118 Å². The molecule has 0 saturated carbocycles. The van der Waals surface area contributed by atoms with Gasteiger partial charge in [0.1, 0.15) is 0 Å². The van der Waals surface area contributed by atoms with Gasteiger partial charge in [0.15, 0.2) is 5.78 Å². The number of aromatic amines is 1. The summed E-state index contributed by atoms with van der Waals surface area (Å²) in [7, 11) is 0. The molecule has 0 fully saturated rings. The van der Waals surface area contributed by atoms with E-state index in [4.69, 9.17) is 0 Å². The fourth-order valence-electron chi connectivity index (χ4n) is 1.29. The molecule has 0 radical (unpaired) electrons. The number of hydrogen-bond donors (Lipinski definition) is 1. The van der Waals surface area contributed by atoms with Gasteiger partial charge in [-0.15, -0.1) is 11.3 Å². The van der Waals surface area contributed by atoms with Gasteiger partial charge < -0.3 is 4.98 Å². The molecule has 4 nitrogen and oxygen atoms in total. The number of aromatic nitrogens is 2. The first-order chi connectivity index (χ1) is 8.86. The van der Waals surface area contributed by atoms with Crippen LogP contribution in [0, 0.1) is 5.41 Å². The van der Waals surface area contributed by atoms with Gasteiger partial charge in [0, 0.05) is 22.6 Å². The van der Waals surface area contributed by atoms with Crippen LogP contribution in [0.3, 0.4) is 0 Å². The maximum Gasteiger partial charge on any atom is 0.266 e. The van der Waals surface area contributed by atoms with Gasteiger partial charge in [-0.2, -0.15) is 0 Å². The molecule has 0 atom stereocenters. The highest BCUT2D eigenvalue weighted by molar-refractivity contribution is 7.08. The molecule has 0 aliphatic heterocycles. The van der Waals surface area contributed by atoms with E-state index in [0.717, 1.165) is 4.88 Å². The fraction of sp³-hybridized carbons (Fsp3) is 0.308. The zero-order valence-electron chi connectivity index (χ0n) is 10.9. The van der Waals surface area contributed by atoms with Gasteiger partial charge in [0.2, 0.25) is 0 Å². The van der Waals surface area contributed by atoms with Gasteiger partial charge in [-0.3, -0.25) is 9.59 Å². The van der Waals surface area contributed by atoms with Crippen LogP contribution in [0.5, 0.6) is 0 Å². The summed E-state index contributed by atoms with van der Waals surface area (Å²) in [6, 6.07) is 1.84. The summed E-state index contributed by atoms with van der Waals surface area (Å²) in [6.07, 6.45) is 4.96. The van der Waals surface area contributed by atoms with Crippen molar-refractivity contribution in [2.75, 3.05) is 0 Å². The number of hydrogen-bond acceptors (Lipinski definition) is 5. The summed E-state index contributed by atoms with van der Waals surface area (Å²) in [6.45, 7) is 5.55. The van der Waals surface area contributed by atoms with Crippen LogP contribution >= 0.6 is 22.9 Å². The number of Topliss-reactive ketones (excluding diaryl/α,β-unsaturated/α-hetero) is 1. The van der Waals surface area contributed by atoms with Crippen LogP contribution in [0.1, 0.15) is 25.6 Å². The van der Waals surface area contributed by atoms with Gasteiger partial charge in [0.05, 0.1) is 9.20 Å². The van der Waals surface area contributed by atoms with Crippen LogP contribution < -0.4 is 14.8 Å². The maximum atomic E-state index is 11.9.